The molecule has 2 fully saturated rings. The number of piperazine rings is 1. The Kier molecular flexibility index (Phi) is 5.88. The van der Waals surface area contributed by atoms with Crippen LogP contribution in [0.1, 0.15) is 4.88 Å². The number of carbonyl (C=O) groups is 1. The van der Waals surface area contributed by atoms with Crippen LogP contribution in [-0.4, -0.2) is 86.3 Å². The van der Waals surface area contributed by atoms with E-state index in [1.807, 2.05) is 4.90 Å². The standard InChI is InChI=1S/C16H26N4O2S/c1-18-8-9-22-14(12-18)11-17-16(21)20-6-4-19(5-7-20)13-15-3-2-10-23-15/h2-3,10,14H,4-9,11-13H2,1H3,(H,17,21). The van der Waals surface area contributed by atoms with Crippen LogP contribution >= 0.6 is 11.3 Å². The maximum atomic E-state index is 12.3. The molecule has 0 radical (unpaired) electrons. The van der Waals surface area contributed by atoms with E-state index in [4.69, 9.17) is 4.74 Å². The second-order valence-electron chi connectivity index (χ2n) is 6.28. The van der Waals surface area contributed by atoms with E-state index in [-0.39, 0.29) is 12.1 Å². The summed E-state index contributed by atoms with van der Waals surface area (Å²) in [5.41, 5.74) is 0. The number of amides is 2. The summed E-state index contributed by atoms with van der Waals surface area (Å²) in [6.45, 7) is 7.66. The summed E-state index contributed by atoms with van der Waals surface area (Å²) in [6.07, 6.45) is 0.109. The Bertz CT molecular complexity index is 488. The fourth-order valence-electron chi connectivity index (χ4n) is 3.04. The van der Waals surface area contributed by atoms with Gasteiger partial charge in [-0.2, -0.15) is 0 Å². The van der Waals surface area contributed by atoms with Crippen LogP contribution in [0.25, 0.3) is 0 Å². The van der Waals surface area contributed by atoms with Gasteiger partial charge in [0, 0.05) is 57.2 Å². The van der Waals surface area contributed by atoms with Crippen molar-refractivity contribution in [1.82, 2.24) is 20.0 Å². The molecule has 2 aliphatic heterocycles. The minimum atomic E-state index is 0.0394. The lowest BCUT2D eigenvalue weighted by atomic mass is 10.3. The minimum Gasteiger partial charge on any atom is -0.374 e. The van der Waals surface area contributed by atoms with Crippen LogP contribution in [0.5, 0.6) is 0 Å². The van der Waals surface area contributed by atoms with Crippen molar-refractivity contribution >= 4 is 17.4 Å². The highest BCUT2D eigenvalue weighted by molar-refractivity contribution is 7.09. The largest absolute Gasteiger partial charge is 0.374 e. The molecule has 0 spiro atoms. The molecule has 1 aromatic rings. The maximum absolute atomic E-state index is 12.3. The number of nitrogens with zero attached hydrogens (tertiary/aromatic N) is 3. The van der Waals surface area contributed by atoms with E-state index in [2.05, 4.69) is 39.7 Å². The Hall–Kier alpha value is -1.15. The highest BCUT2D eigenvalue weighted by atomic mass is 32.1. The van der Waals surface area contributed by atoms with E-state index in [9.17, 15) is 4.79 Å². The van der Waals surface area contributed by atoms with E-state index in [1.165, 1.54) is 4.88 Å². The monoisotopic (exact) mass is 338 g/mol. The first-order valence-electron chi connectivity index (χ1n) is 8.28. The molecule has 1 atom stereocenters. The van der Waals surface area contributed by atoms with Crippen molar-refractivity contribution in [2.24, 2.45) is 0 Å². The lowest BCUT2D eigenvalue weighted by Crippen LogP contribution is -2.53. The summed E-state index contributed by atoms with van der Waals surface area (Å²) in [6, 6.07) is 4.30. The van der Waals surface area contributed by atoms with Gasteiger partial charge in [0.15, 0.2) is 0 Å². The first-order chi connectivity index (χ1) is 11.2. The van der Waals surface area contributed by atoms with Gasteiger partial charge in [-0.3, -0.25) is 4.90 Å². The van der Waals surface area contributed by atoms with Crippen LogP contribution in [0.4, 0.5) is 4.79 Å². The molecule has 2 saturated heterocycles. The molecule has 1 unspecified atom stereocenters. The summed E-state index contributed by atoms with van der Waals surface area (Å²) in [7, 11) is 2.09. The smallest absolute Gasteiger partial charge is 0.317 e. The van der Waals surface area contributed by atoms with E-state index >= 15 is 0 Å². The molecule has 1 N–H and O–H groups in total. The Balaban J connectivity index is 1.36. The van der Waals surface area contributed by atoms with E-state index in [0.717, 1.165) is 52.4 Å². The molecule has 0 aliphatic carbocycles. The third-order valence-electron chi connectivity index (χ3n) is 4.44. The Morgan fingerprint density at radius 1 is 1.35 bits per heavy atom. The second kappa shape index (κ2) is 8.10. The number of rotatable bonds is 4. The predicted octanol–water partition coefficient (Wildman–Crippen LogP) is 0.906. The zero-order valence-corrected chi connectivity index (χ0v) is 14.6. The highest BCUT2D eigenvalue weighted by Crippen LogP contribution is 2.13. The number of ether oxygens (including phenoxy) is 1. The Morgan fingerprint density at radius 2 is 2.17 bits per heavy atom. The van der Waals surface area contributed by atoms with Gasteiger partial charge in [-0.1, -0.05) is 6.07 Å². The molecule has 7 heteroatoms. The number of hydrogen-bond acceptors (Lipinski definition) is 5. The number of carbonyl (C=O) groups excluding carboxylic acids is 1. The second-order valence-corrected chi connectivity index (χ2v) is 7.32. The highest BCUT2D eigenvalue weighted by Gasteiger charge is 2.23. The number of likely N-dealkylation sites (N-methyl/N-ethyl adjacent to an activating group) is 1. The SMILES string of the molecule is CN1CCOC(CNC(=O)N2CCN(Cc3cccs3)CC2)C1. The summed E-state index contributed by atoms with van der Waals surface area (Å²) in [5, 5.41) is 5.14. The molecule has 23 heavy (non-hydrogen) atoms. The lowest BCUT2D eigenvalue weighted by molar-refractivity contribution is -0.0174. The van der Waals surface area contributed by atoms with Crippen molar-refractivity contribution in [3.05, 3.63) is 22.4 Å². The van der Waals surface area contributed by atoms with Crippen LogP contribution < -0.4 is 5.32 Å². The fourth-order valence-corrected chi connectivity index (χ4v) is 3.78. The van der Waals surface area contributed by atoms with Gasteiger partial charge < -0.3 is 19.9 Å². The molecule has 3 rings (SSSR count). The lowest BCUT2D eigenvalue weighted by Gasteiger charge is -2.35. The number of nitrogens with one attached hydrogen (secondary N) is 1. The van der Waals surface area contributed by atoms with Crippen LogP contribution in [0, 0.1) is 0 Å². The molecule has 3 heterocycles. The third-order valence-corrected chi connectivity index (χ3v) is 5.30. The number of morpholine rings is 1. The zero-order valence-electron chi connectivity index (χ0n) is 13.7. The Morgan fingerprint density at radius 3 is 2.87 bits per heavy atom. The van der Waals surface area contributed by atoms with Gasteiger partial charge in [-0.15, -0.1) is 11.3 Å². The summed E-state index contributed by atoms with van der Waals surface area (Å²) < 4.78 is 5.68. The van der Waals surface area contributed by atoms with Crippen molar-refractivity contribution < 1.29 is 9.53 Å². The van der Waals surface area contributed by atoms with Gasteiger partial charge in [0.25, 0.3) is 0 Å². The predicted molar refractivity (Wildman–Crippen MR) is 91.8 cm³/mol. The van der Waals surface area contributed by atoms with Crippen molar-refractivity contribution in [2.75, 3.05) is 59.5 Å². The fraction of sp³-hybridized carbons (Fsp3) is 0.688. The van der Waals surface area contributed by atoms with Gasteiger partial charge in [-0.05, 0) is 18.5 Å². The molecule has 128 valence electrons. The molecule has 1 aromatic heterocycles. The summed E-state index contributed by atoms with van der Waals surface area (Å²) in [4.78, 5) is 20.2. The molecular weight excluding hydrogens is 312 g/mol. The first-order valence-corrected chi connectivity index (χ1v) is 9.16. The summed E-state index contributed by atoms with van der Waals surface area (Å²) in [5.74, 6) is 0. The van der Waals surface area contributed by atoms with Crippen molar-refractivity contribution in [2.45, 2.75) is 12.6 Å². The van der Waals surface area contributed by atoms with Crippen molar-refractivity contribution in [3.8, 4) is 0 Å². The topological polar surface area (TPSA) is 48.1 Å². The molecule has 2 amide bonds. The van der Waals surface area contributed by atoms with E-state index in [1.54, 1.807) is 11.3 Å². The average molecular weight is 338 g/mol. The molecule has 0 bridgehead atoms. The molecular formula is C16H26N4O2S. The van der Waals surface area contributed by atoms with Crippen molar-refractivity contribution in [3.63, 3.8) is 0 Å². The van der Waals surface area contributed by atoms with Crippen LogP contribution in [0.3, 0.4) is 0 Å². The maximum Gasteiger partial charge on any atom is 0.317 e. The number of thiophene rings is 1. The normalized spacial score (nSPS) is 23.9. The summed E-state index contributed by atoms with van der Waals surface area (Å²) >= 11 is 1.80. The molecule has 0 aromatic carbocycles. The van der Waals surface area contributed by atoms with Gasteiger partial charge in [0.2, 0.25) is 0 Å². The third kappa shape index (κ3) is 4.91. The molecule has 0 saturated carbocycles. The quantitative estimate of drug-likeness (QED) is 0.886. The van der Waals surface area contributed by atoms with E-state index < -0.39 is 0 Å². The van der Waals surface area contributed by atoms with Crippen LogP contribution in [0.2, 0.25) is 0 Å². The molecule has 2 aliphatic rings. The number of urea groups is 1. The minimum absolute atomic E-state index is 0.0394. The van der Waals surface area contributed by atoms with Crippen LogP contribution in [0.15, 0.2) is 17.5 Å². The van der Waals surface area contributed by atoms with Crippen molar-refractivity contribution in [1.29, 1.82) is 0 Å². The van der Waals surface area contributed by atoms with Gasteiger partial charge >= 0.3 is 6.03 Å². The molecule has 6 nitrogen and oxygen atoms in total. The van der Waals surface area contributed by atoms with Crippen LogP contribution in [-0.2, 0) is 11.3 Å². The van der Waals surface area contributed by atoms with E-state index in [0.29, 0.717) is 6.54 Å². The first kappa shape index (κ1) is 16.7. The number of hydrogen-bond donors (Lipinski definition) is 1. The van der Waals surface area contributed by atoms with Gasteiger partial charge in [0.1, 0.15) is 0 Å². The zero-order chi connectivity index (χ0) is 16.1. The van der Waals surface area contributed by atoms with Gasteiger partial charge in [-0.25, -0.2) is 4.79 Å². The Labute approximate surface area is 142 Å². The van der Waals surface area contributed by atoms with Gasteiger partial charge in [0.05, 0.1) is 12.7 Å². The average Bonchev–Trinajstić information content (AvgIpc) is 3.06.